The van der Waals surface area contributed by atoms with Crippen LogP contribution in [0, 0.1) is 12.8 Å². The Balaban J connectivity index is 1.31. The molecule has 1 amide bonds. The number of sulfonamides is 1. The fourth-order valence-electron chi connectivity index (χ4n) is 3.66. The van der Waals surface area contributed by atoms with Crippen LogP contribution < -0.4 is 5.32 Å². The van der Waals surface area contributed by atoms with Crippen LogP contribution in [-0.4, -0.2) is 46.5 Å². The molecule has 4 rings (SSSR count). The van der Waals surface area contributed by atoms with Gasteiger partial charge in [-0.1, -0.05) is 29.8 Å². The van der Waals surface area contributed by atoms with E-state index in [2.05, 4.69) is 15.4 Å². The topological polar surface area (TPSA) is 97.2 Å². The molecule has 3 aromatic rings. The maximum Gasteiger partial charge on any atom is 0.243 e. The molecule has 0 spiro atoms. The fraction of sp³-hybridized carbons (Fsp3) is 0.318. The number of nitrogens with one attached hydrogen (secondary N) is 1. The number of benzene rings is 2. The Hall–Kier alpha value is -3.04. The van der Waals surface area contributed by atoms with Gasteiger partial charge in [0.2, 0.25) is 15.9 Å². The Morgan fingerprint density at radius 1 is 1.06 bits per heavy atom. The highest BCUT2D eigenvalue weighted by Gasteiger charge is 2.32. The maximum absolute atomic E-state index is 12.8. The third-order valence-electron chi connectivity index (χ3n) is 5.52. The highest BCUT2D eigenvalue weighted by atomic mass is 32.2. The first-order valence-electron chi connectivity index (χ1n) is 10.2. The number of carbonyl (C=O) groups is 1. The molecule has 1 aliphatic heterocycles. The molecule has 162 valence electrons. The first kappa shape index (κ1) is 21.2. The Labute approximate surface area is 182 Å². The lowest BCUT2D eigenvalue weighted by Crippen LogP contribution is -2.41. The van der Waals surface area contributed by atoms with Crippen molar-refractivity contribution in [2.24, 2.45) is 5.92 Å². The van der Waals surface area contributed by atoms with Crippen LogP contribution >= 0.6 is 0 Å². The number of carbonyl (C=O) groups excluding carboxylic acids is 1. The summed E-state index contributed by atoms with van der Waals surface area (Å²) >= 11 is 0. The summed E-state index contributed by atoms with van der Waals surface area (Å²) in [5.41, 5.74) is 2.79. The summed E-state index contributed by atoms with van der Waals surface area (Å²) < 4.78 is 28.9. The number of rotatable bonds is 6. The molecule has 0 saturated carbocycles. The van der Waals surface area contributed by atoms with Crippen molar-refractivity contribution in [3.63, 3.8) is 0 Å². The Morgan fingerprint density at radius 3 is 2.35 bits per heavy atom. The minimum Gasteiger partial charge on any atom is -0.326 e. The molecule has 9 heteroatoms. The number of hydrogen-bond donors (Lipinski definition) is 1. The molecule has 0 aliphatic carbocycles. The van der Waals surface area contributed by atoms with E-state index >= 15 is 0 Å². The summed E-state index contributed by atoms with van der Waals surface area (Å²) in [6.07, 6.45) is 4.15. The minimum absolute atomic E-state index is 0.0728. The molecule has 1 N–H and O–H groups in total. The SMILES string of the molecule is Cc1ccc(S(=O)(=O)N2CCC(C(=O)Nc3ccc(Cn4cncn4)cc3)CC2)cc1. The first-order chi connectivity index (χ1) is 14.9. The van der Waals surface area contributed by atoms with Gasteiger partial charge in [-0.15, -0.1) is 0 Å². The molecule has 1 saturated heterocycles. The van der Waals surface area contributed by atoms with E-state index < -0.39 is 10.0 Å². The van der Waals surface area contributed by atoms with E-state index in [0.717, 1.165) is 16.8 Å². The van der Waals surface area contributed by atoms with Crippen LogP contribution in [0.15, 0.2) is 66.1 Å². The van der Waals surface area contributed by atoms with Crippen LogP contribution in [0.1, 0.15) is 24.0 Å². The van der Waals surface area contributed by atoms with Crippen molar-refractivity contribution in [3.8, 4) is 0 Å². The predicted molar refractivity (Wildman–Crippen MR) is 117 cm³/mol. The summed E-state index contributed by atoms with van der Waals surface area (Å²) in [4.78, 5) is 16.9. The highest BCUT2D eigenvalue weighted by molar-refractivity contribution is 7.89. The number of aromatic nitrogens is 3. The summed E-state index contributed by atoms with van der Waals surface area (Å²) in [5.74, 6) is -0.282. The van der Waals surface area contributed by atoms with Gasteiger partial charge in [0.15, 0.2) is 0 Å². The average Bonchev–Trinajstić information content (AvgIpc) is 3.28. The molecule has 31 heavy (non-hydrogen) atoms. The van der Waals surface area contributed by atoms with Crippen molar-refractivity contribution in [1.29, 1.82) is 0 Å². The van der Waals surface area contributed by atoms with Crippen molar-refractivity contribution in [1.82, 2.24) is 19.1 Å². The summed E-state index contributed by atoms with van der Waals surface area (Å²) in [6, 6.07) is 14.5. The average molecular weight is 440 g/mol. The lowest BCUT2D eigenvalue weighted by Gasteiger charge is -2.30. The van der Waals surface area contributed by atoms with Crippen LogP contribution in [-0.2, 0) is 21.4 Å². The number of piperidine rings is 1. The molecule has 8 nitrogen and oxygen atoms in total. The molecule has 2 aromatic carbocycles. The van der Waals surface area contributed by atoms with Crippen molar-refractivity contribution in [2.75, 3.05) is 18.4 Å². The zero-order valence-electron chi connectivity index (χ0n) is 17.3. The van der Waals surface area contributed by atoms with E-state index in [4.69, 9.17) is 0 Å². The fourth-order valence-corrected chi connectivity index (χ4v) is 5.13. The van der Waals surface area contributed by atoms with Gasteiger partial charge in [0.25, 0.3) is 0 Å². The van der Waals surface area contributed by atoms with Crippen LogP contribution in [0.3, 0.4) is 0 Å². The molecule has 0 radical (unpaired) electrons. The first-order valence-corrected chi connectivity index (χ1v) is 11.6. The third-order valence-corrected chi connectivity index (χ3v) is 7.43. The van der Waals surface area contributed by atoms with Gasteiger partial charge in [-0.3, -0.25) is 4.79 Å². The van der Waals surface area contributed by atoms with E-state index in [1.807, 2.05) is 31.2 Å². The highest BCUT2D eigenvalue weighted by Crippen LogP contribution is 2.25. The van der Waals surface area contributed by atoms with Gasteiger partial charge in [0, 0.05) is 24.7 Å². The lowest BCUT2D eigenvalue weighted by atomic mass is 9.97. The van der Waals surface area contributed by atoms with Gasteiger partial charge in [0.1, 0.15) is 12.7 Å². The Bertz CT molecular complexity index is 1120. The van der Waals surface area contributed by atoms with Crippen LogP contribution in [0.5, 0.6) is 0 Å². The molecule has 1 aliphatic rings. The van der Waals surface area contributed by atoms with E-state index in [0.29, 0.717) is 37.4 Å². The van der Waals surface area contributed by atoms with Crippen molar-refractivity contribution < 1.29 is 13.2 Å². The second kappa shape index (κ2) is 8.99. The van der Waals surface area contributed by atoms with Gasteiger partial charge < -0.3 is 5.32 Å². The second-order valence-electron chi connectivity index (χ2n) is 7.77. The van der Waals surface area contributed by atoms with Crippen LogP contribution in [0.4, 0.5) is 5.69 Å². The maximum atomic E-state index is 12.8. The van der Waals surface area contributed by atoms with E-state index in [1.54, 1.807) is 35.3 Å². The van der Waals surface area contributed by atoms with E-state index in [-0.39, 0.29) is 11.8 Å². The summed E-state index contributed by atoms with van der Waals surface area (Å²) in [7, 11) is -3.52. The van der Waals surface area contributed by atoms with Crippen molar-refractivity contribution in [3.05, 3.63) is 72.3 Å². The minimum atomic E-state index is -3.52. The zero-order chi connectivity index (χ0) is 21.8. The Morgan fingerprint density at radius 2 is 1.74 bits per heavy atom. The number of amides is 1. The molecule has 1 fully saturated rings. The van der Waals surface area contributed by atoms with Crippen molar-refractivity contribution in [2.45, 2.75) is 31.2 Å². The smallest absolute Gasteiger partial charge is 0.243 e. The van der Waals surface area contributed by atoms with Crippen molar-refractivity contribution >= 4 is 21.6 Å². The van der Waals surface area contributed by atoms with Gasteiger partial charge in [-0.25, -0.2) is 18.1 Å². The predicted octanol–water partition coefficient (Wildman–Crippen LogP) is 2.67. The Kier molecular flexibility index (Phi) is 6.15. The quantitative estimate of drug-likeness (QED) is 0.637. The molecule has 2 heterocycles. The second-order valence-corrected chi connectivity index (χ2v) is 9.71. The standard InChI is InChI=1S/C22H25N5O3S/c1-17-2-8-21(9-3-17)31(29,30)27-12-10-19(11-13-27)22(28)25-20-6-4-18(5-7-20)14-26-16-23-15-24-26/h2-9,15-16,19H,10-14H2,1H3,(H,25,28). The largest absolute Gasteiger partial charge is 0.326 e. The normalized spacial score (nSPS) is 15.6. The monoisotopic (exact) mass is 439 g/mol. The van der Waals surface area contributed by atoms with E-state index in [1.165, 1.54) is 10.6 Å². The molecular formula is C22H25N5O3S. The lowest BCUT2D eigenvalue weighted by molar-refractivity contribution is -0.120. The zero-order valence-corrected chi connectivity index (χ0v) is 18.1. The number of hydrogen-bond acceptors (Lipinski definition) is 5. The van der Waals surface area contributed by atoms with Crippen LogP contribution in [0.25, 0.3) is 0 Å². The summed E-state index contributed by atoms with van der Waals surface area (Å²) in [6.45, 7) is 3.21. The number of anilines is 1. The number of aryl methyl sites for hydroxylation is 1. The molecule has 0 atom stereocenters. The van der Waals surface area contributed by atoms with Crippen LogP contribution in [0.2, 0.25) is 0 Å². The molecular weight excluding hydrogens is 414 g/mol. The summed E-state index contributed by atoms with van der Waals surface area (Å²) in [5, 5.41) is 7.03. The number of nitrogens with zero attached hydrogens (tertiary/aromatic N) is 4. The van der Waals surface area contributed by atoms with Gasteiger partial charge in [-0.05, 0) is 49.6 Å². The van der Waals surface area contributed by atoms with Gasteiger partial charge in [0.05, 0.1) is 11.4 Å². The molecule has 1 aromatic heterocycles. The van der Waals surface area contributed by atoms with E-state index in [9.17, 15) is 13.2 Å². The third kappa shape index (κ3) is 5.00. The molecule has 0 unspecified atom stereocenters. The van der Waals surface area contributed by atoms with Gasteiger partial charge in [-0.2, -0.15) is 9.40 Å². The van der Waals surface area contributed by atoms with Gasteiger partial charge >= 0.3 is 0 Å². The molecule has 0 bridgehead atoms.